The molecule has 0 aliphatic rings. The molecule has 0 unspecified atom stereocenters. The Bertz CT molecular complexity index is 584. The predicted octanol–water partition coefficient (Wildman–Crippen LogP) is 3.78. The van der Waals surface area contributed by atoms with Crippen molar-refractivity contribution in [3.63, 3.8) is 0 Å². The van der Waals surface area contributed by atoms with Crippen LogP contribution in [0.4, 0.5) is 11.4 Å². The van der Waals surface area contributed by atoms with Crippen molar-refractivity contribution in [2.75, 3.05) is 11.1 Å². The second-order valence-corrected chi connectivity index (χ2v) is 5.30. The fourth-order valence-electron chi connectivity index (χ4n) is 1.42. The Hall–Kier alpha value is -1.27. The van der Waals surface area contributed by atoms with E-state index < -0.39 is 0 Å². The smallest absolute Gasteiger partial charge is 0.255 e. The van der Waals surface area contributed by atoms with Crippen molar-refractivity contribution >= 4 is 51.5 Å². The van der Waals surface area contributed by atoms with E-state index in [1.165, 1.54) is 0 Å². The molecular formula is C13H10ClIN2O. The number of carbonyl (C=O) groups excluding carboxylic acids is 1. The Morgan fingerprint density at radius 3 is 2.44 bits per heavy atom. The number of nitrogens with one attached hydrogen (secondary N) is 1. The van der Waals surface area contributed by atoms with Crippen molar-refractivity contribution in [3.05, 3.63) is 56.6 Å². The van der Waals surface area contributed by atoms with Crippen LogP contribution >= 0.6 is 34.2 Å². The first-order chi connectivity index (χ1) is 8.56. The maximum atomic E-state index is 12.0. The van der Waals surface area contributed by atoms with E-state index in [0.717, 1.165) is 9.26 Å². The summed E-state index contributed by atoms with van der Waals surface area (Å²) in [6.07, 6.45) is 0. The average molecular weight is 373 g/mol. The van der Waals surface area contributed by atoms with Crippen molar-refractivity contribution in [2.45, 2.75) is 0 Å². The Labute approximate surface area is 123 Å². The minimum absolute atomic E-state index is 0.171. The third kappa shape index (κ3) is 3.14. The van der Waals surface area contributed by atoms with Crippen LogP contribution in [0.2, 0.25) is 5.02 Å². The number of hydrogen-bond acceptors (Lipinski definition) is 2. The summed E-state index contributed by atoms with van der Waals surface area (Å²) in [5.41, 5.74) is 7.51. The summed E-state index contributed by atoms with van der Waals surface area (Å²) in [6, 6.07) is 12.1. The van der Waals surface area contributed by atoms with Crippen LogP contribution in [0.15, 0.2) is 42.5 Å². The molecule has 0 fully saturated rings. The molecule has 0 heterocycles. The summed E-state index contributed by atoms with van der Waals surface area (Å²) in [5, 5.41) is 3.47. The number of hydrogen-bond donors (Lipinski definition) is 2. The van der Waals surface area contributed by atoms with Crippen molar-refractivity contribution in [2.24, 2.45) is 0 Å². The van der Waals surface area contributed by atoms with Gasteiger partial charge in [0.05, 0.1) is 5.69 Å². The van der Waals surface area contributed by atoms with Crippen molar-refractivity contribution in [1.29, 1.82) is 0 Å². The Balaban J connectivity index is 2.18. The van der Waals surface area contributed by atoms with Gasteiger partial charge in [-0.2, -0.15) is 0 Å². The lowest BCUT2D eigenvalue weighted by Crippen LogP contribution is -2.12. The highest BCUT2D eigenvalue weighted by Gasteiger charge is 2.08. The summed E-state index contributed by atoms with van der Waals surface area (Å²) in [7, 11) is 0. The lowest BCUT2D eigenvalue weighted by atomic mass is 10.2. The number of benzene rings is 2. The molecule has 2 aromatic rings. The van der Waals surface area contributed by atoms with E-state index in [1.807, 2.05) is 0 Å². The van der Waals surface area contributed by atoms with Gasteiger partial charge in [0.1, 0.15) is 0 Å². The predicted molar refractivity (Wildman–Crippen MR) is 83.0 cm³/mol. The molecule has 0 aromatic heterocycles. The minimum Gasteiger partial charge on any atom is -0.399 e. The Kier molecular flexibility index (Phi) is 4.08. The molecule has 1 amide bonds. The summed E-state index contributed by atoms with van der Waals surface area (Å²) in [5.74, 6) is -0.171. The van der Waals surface area contributed by atoms with E-state index in [0.29, 0.717) is 16.3 Å². The van der Waals surface area contributed by atoms with E-state index in [1.54, 1.807) is 42.5 Å². The lowest BCUT2D eigenvalue weighted by molar-refractivity contribution is 0.102. The van der Waals surface area contributed by atoms with Crippen LogP contribution in [-0.2, 0) is 0 Å². The van der Waals surface area contributed by atoms with Crippen LogP contribution in [-0.4, -0.2) is 5.91 Å². The molecule has 0 atom stereocenters. The standard InChI is InChI=1S/C13H10ClIN2O/c14-9-3-6-12(11(15)7-9)17-13(18)8-1-4-10(16)5-2-8/h1-7H,16H2,(H,17,18). The van der Waals surface area contributed by atoms with Crippen LogP contribution in [0.25, 0.3) is 0 Å². The number of amides is 1. The molecule has 0 aliphatic heterocycles. The van der Waals surface area contributed by atoms with E-state index >= 15 is 0 Å². The van der Waals surface area contributed by atoms with Crippen molar-refractivity contribution < 1.29 is 4.79 Å². The third-order valence-electron chi connectivity index (χ3n) is 2.35. The first-order valence-corrected chi connectivity index (χ1v) is 6.64. The summed E-state index contributed by atoms with van der Waals surface area (Å²) >= 11 is 7.98. The Morgan fingerprint density at radius 2 is 1.83 bits per heavy atom. The van der Waals surface area contributed by atoms with Gasteiger partial charge in [0.15, 0.2) is 0 Å². The molecule has 2 rings (SSSR count). The first kappa shape index (κ1) is 13.2. The number of rotatable bonds is 2. The van der Waals surface area contributed by atoms with Crippen LogP contribution < -0.4 is 11.1 Å². The number of anilines is 2. The third-order valence-corrected chi connectivity index (χ3v) is 3.48. The second-order valence-electron chi connectivity index (χ2n) is 3.70. The maximum Gasteiger partial charge on any atom is 0.255 e. The number of carbonyl (C=O) groups is 1. The van der Waals surface area contributed by atoms with Crippen LogP contribution in [0.3, 0.4) is 0 Å². The van der Waals surface area contributed by atoms with E-state index in [9.17, 15) is 4.79 Å². The van der Waals surface area contributed by atoms with E-state index in [-0.39, 0.29) is 5.91 Å². The lowest BCUT2D eigenvalue weighted by Gasteiger charge is -2.08. The normalized spacial score (nSPS) is 10.1. The topological polar surface area (TPSA) is 55.1 Å². The molecule has 0 bridgehead atoms. The first-order valence-electron chi connectivity index (χ1n) is 5.18. The summed E-state index contributed by atoms with van der Waals surface area (Å²) < 4.78 is 0.892. The highest BCUT2D eigenvalue weighted by atomic mass is 127. The number of nitrogen functional groups attached to an aromatic ring is 1. The molecule has 2 aromatic carbocycles. The second kappa shape index (κ2) is 5.58. The van der Waals surface area contributed by atoms with Crippen LogP contribution in [0.5, 0.6) is 0 Å². The van der Waals surface area contributed by atoms with Gasteiger partial charge in [-0.15, -0.1) is 0 Å². The van der Waals surface area contributed by atoms with Gasteiger partial charge in [-0.05, 0) is 65.1 Å². The van der Waals surface area contributed by atoms with Gasteiger partial charge in [-0.1, -0.05) is 11.6 Å². The minimum atomic E-state index is -0.171. The zero-order valence-electron chi connectivity index (χ0n) is 9.28. The van der Waals surface area contributed by atoms with E-state index in [4.69, 9.17) is 17.3 Å². The number of nitrogens with two attached hydrogens (primary N) is 1. The molecule has 5 heteroatoms. The molecule has 0 radical (unpaired) electrons. The fourth-order valence-corrected chi connectivity index (χ4v) is 2.43. The van der Waals surface area contributed by atoms with E-state index in [2.05, 4.69) is 27.9 Å². The Morgan fingerprint density at radius 1 is 1.17 bits per heavy atom. The molecule has 0 saturated heterocycles. The number of halogens is 2. The van der Waals surface area contributed by atoms with Gasteiger partial charge in [-0.25, -0.2) is 0 Å². The molecule has 0 aliphatic carbocycles. The van der Waals surface area contributed by atoms with Gasteiger partial charge in [0.25, 0.3) is 5.91 Å². The zero-order valence-corrected chi connectivity index (χ0v) is 12.2. The molecular weight excluding hydrogens is 363 g/mol. The molecule has 18 heavy (non-hydrogen) atoms. The summed E-state index contributed by atoms with van der Waals surface area (Å²) in [4.78, 5) is 12.0. The summed E-state index contributed by atoms with van der Waals surface area (Å²) in [6.45, 7) is 0. The highest BCUT2D eigenvalue weighted by molar-refractivity contribution is 14.1. The fraction of sp³-hybridized carbons (Fsp3) is 0. The van der Waals surface area contributed by atoms with Crippen LogP contribution in [0, 0.1) is 3.57 Å². The molecule has 3 nitrogen and oxygen atoms in total. The van der Waals surface area contributed by atoms with Gasteiger partial charge >= 0.3 is 0 Å². The van der Waals surface area contributed by atoms with Gasteiger partial charge in [0, 0.05) is 19.8 Å². The highest BCUT2D eigenvalue weighted by Crippen LogP contribution is 2.22. The average Bonchev–Trinajstić information content (AvgIpc) is 2.33. The maximum absolute atomic E-state index is 12.0. The van der Waals surface area contributed by atoms with Crippen molar-refractivity contribution in [1.82, 2.24) is 0 Å². The van der Waals surface area contributed by atoms with Crippen molar-refractivity contribution in [3.8, 4) is 0 Å². The largest absolute Gasteiger partial charge is 0.399 e. The van der Waals surface area contributed by atoms with Gasteiger partial charge in [-0.3, -0.25) is 4.79 Å². The molecule has 92 valence electrons. The quantitative estimate of drug-likeness (QED) is 0.623. The van der Waals surface area contributed by atoms with Gasteiger partial charge < -0.3 is 11.1 Å². The zero-order chi connectivity index (χ0) is 13.1. The van der Waals surface area contributed by atoms with Gasteiger partial charge in [0.2, 0.25) is 0 Å². The SMILES string of the molecule is Nc1ccc(C(=O)Nc2ccc(Cl)cc2I)cc1. The van der Waals surface area contributed by atoms with Crippen LogP contribution in [0.1, 0.15) is 10.4 Å². The molecule has 0 saturated carbocycles. The monoisotopic (exact) mass is 372 g/mol. The molecule has 3 N–H and O–H groups in total. The molecule has 0 spiro atoms.